The van der Waals surface area contributed by atoms with Crippen LogP contribution in [0.5, 0.6) is 0 Å². The smallest absolute Gasteiger partial charge is 0.145 e. The van der Waals surface area contributed by atoms with Crippen molar-refractivity contribution in [2.45, 2.75) is 38.3 Å². The van der Waals surface area contributed by atoms with Crippen LogP contribution in [-0.4, -0.2) is 4.98 Å². The Balaban J connectivity index is 2.03. The van der Waals surface area contributed by atoms with Crippen molar-refractivity contribution in [3.8, 4) is 0 Å². The average Bonchev–Trinajstić information content (AvgIpc) is 2.30. The van der Waals surface area contributed by atoms with E-state index in [0.717, 1.165) is 12.8 Å². The Morgan fingerprint density at radius 2 is 2.00 bits per heavy atom. The van der Waals surface area contributed by atoms with Crippen molar-refractivity contribution in [1.29, 1.82) is 0 Å². The lowest BCUT2D eigenvalue weighted by Gasteiger charge is -2.24. The topological polar surface area (TPSA) is 12.9 Å². The summed E-state index contributed by atoms with van der Waals surface area (Å²) in [6.07, 6.45) is 6.50. The van der Waals surface area contributed by atoms with Crippen molar-refractivity contribution in [2.24, 2.45) is 5.92 Å². The van der Waals surface area contributed by atoms with Gasteiger partial charge in [-0.25, -0.2) is 4.39 Å². The van der Waals surface area contributed by atoms with Crippen molar-refractivity contribution in [3.05, 3.63) is 30.1 Å². The predicted octanol–water partition coefficient (Wildman–Crippen LogP) is 3.67. The van der Waals surface area contributed by atoms with Gasteiger partial charge in [-0.15, -0.1) is 0 Å². The maximum absolute atomic E-state index is 14.0. The van der Waals surface area contributed by atoms with Crippen LogP contribution in [0.4, 0.5) is 4.39 Å². The molecule has 0 saturated heterocycles. The Hall–Kier alpha value is -0.920. The number of pyridine rings is 1. The Bertz CT molecular complexity index is 267. The molecule has 1 heterocycles. The van der Waals surface area contributed by atoms with Crippen LogP contribution in [0.3, 0.4) is 0 Å². The highest BCUT2D eigenvalue weighted by molar-refractivity contribution is 5.08. The summed E-state index contributed by atoms with van der Waals surface area (Å²) in [5, 5.41) is 0. The molecule has 0 aliphatic heterocycles. The zero-order valence-corrected chi connectivity index (χ0v) is 8.32. The van der Waals surface area contributed by atoms with E-state index in [1.807, 2.05) is 12.1 Å². The maximum Gasteiger partial charge on any atom is 0.145 e. The van der Waals surface area contributed by atoms with Crippen LogP contribution >= 0.6 is 0 Å². The van der Waals surface area contributed by atoms with Gasteiger partial charge in [0.2, 0.25) is 0 Å². The SMILES string of the molecule is FC(c1ccccn1)C1CCCCC1. The highest BCUT2D eigenvalue weighted by Gasteiger charge is 2.25. The number of hydrogen-bond acceptors (Lipinski definition) is 1. The molecular formula is C12H16FN. The van der Waals surface area contributed by atoms with E-state index in [9.17, 15) is 4.39 Å². The monoisotopic (exact) mass is 193 g/mol. The third-order valence-electron chi connectivity index (χ3n) is 3.03. The van der Waals surface area contributed by atoms with Gasteiger partial charge < -0.3 is 0 Å². The van der Waals surface area contributed by atoms with Gasteiger partial charge in [0.1, 0.15) is 6.17 Å². The second kappa shape index (κ2) is 4.54. The number of rotatable bonds is 2. The summed E-state index contributed by atoms with van der Waals surface area (Å²) in [6.45, 7) is 0. The molecule has 1 saturated carbocycles. The van der Waals surface area contributed by atoms with E-state index >= 15 is 0 Å². The molecule has 1 fully saturated rings. The van der Waals surface area contributed by atoms with E-state index in [2.05, 4.69) is 4.98 Å². The van der Waals surface area contributed by atoms with Gasteiger partial charge in [-0.2, -0.15) is 0 Å². The highest BCUT2D eigenvalue weighted by atomic mass is 19.1. The van der Waals surface area contributed by atoms with E-state index in [1.165, 1.54) is 19.3 Å². The number of halogens is 1. The van der Waals surface area contributed by atoms with Gasteiger partial charge in [-0.3, -0.25) is 4.98 Å². The van der Waals surface area contributed by atoms with E-state index in [4.69, 9.17) is 0 Å². The van der Waals surface area contributed by atoms with Crippen LogP contribution < -0.4 is 0 Å². The minimum Gasteiger partial charge on any atom is -0.258 e. The molecule has 1 aliphatic carbocycles. The lowest BCUT2D eigenvalue weighted by Crippen LogP contribution is -2.13. The summed E-state index contributed by atoms with van der Waals surface area (Å²) in [5.41, 5.74) is 0.611. The standard InChI is InChI=1S/C12H16FN/c13-12(10-6-2-1-3-7-10)11-8-4-5-9-14-11/h4-5,8-10,12H,1-3,6-7H2. The molecule has 1 aromatic rings. The first-order valence-corrected chi connectivity index (χ1v) is 5.43. The average molecular weight is 193 g/mol. The van der Waals surface area contributed by atoms with Crippen LogP contribution in [0.15, 0.2) is 24.4 Å². The van der Waals surface area contributed by atoms with Gasteiger partial charge in [0.05, 0.1) is 5.69 Å². The molecule has 1 unspecified atom stereocenters. The van der Waals surface area contributed by atoms with E-state index in [-0.39, 0.29) is 5.92 Å². The Labute approximate surface area is 84.4 Å². The lowest BCUT2D eigenvalue weighted by atomic mass is 9.85. The molecule has 1 aliphatic rings. The van der Waals surface area contributed by atoms with Crippen LogP contribution in [0.25, 0.3) is 0 Å². The molecule has 76 valence electrons. The van der Waals surface area contributed by atoms with Gasteiger partial charge >= 0.3 is 0 Å². The summed E-state index contributed by atoms with van der Waals surface area (Å²) >= 11 is 0. The summed E-state index contributed by atoms with van der Waals surface area (Å²) in [4.78, 5) is 4.08. The number of alkyl halides is 1. The van der Waals surface area contributed by atoms with E-state index < -0.39 is 6.17 Å². The summed E-state index contributed by atoms with van der Waals surface area (Å²) in [5.74, 6) is 0.207. The molecule has 1 aromatic heterocycles. The van der Waals surface area contributed by atoms with Gasteiger partial charge in [-0.1, -0.05) is 25.3 Å². The Morgan fingerprint density at radius 1 is 1.21 bits per heavy atom. The molecule has 0 radical (unpaired) electrons. The second-order valence-corrected chi connectivity index (χ2v) is 4.05. The lowest BCUT2D eigenvalue weighted by molar-refractivity contribution is 0.179. The quantitative estimate of drug-likeness (QED) is 0.698. The fourth-order valence-electron chi connectivity index (χ4n) is 2.21. The van der Waals surface area contributed by atoms with E-state index in [1.54, 1.807) is 12.3 Å². The third-order valence-corrected chi connectivity index (χ3v) is 3.03. The van der Waals surface area contributed by atoms with Crippen molar-refractivity contribution >= 4 is 0 Å². The first-order valence-electron chi connectivity index (χ1n) is 5.43. The van der Waals surface area contributed by atoms with Gasteiger partial charge in [0.15, 0.2) is 0 Å². The Kier molecular flexibility index (Phi) is 3.12. The zero-order chi connectivity index (χ0) is 9.80. The molecule has 14 heavy (non-hydrogen) atoms. The first-order chi connectivity index (χ1) is 6.88. The largest absolute Gasteiger partial charge is 0.258 e. The molecule has 0 bridgehead atoms. The van der Waals surface area contributed by atoms with Crippen LogP contribution in [0.1, 0.15) is 44.0 Å². The molecule has 0 aromatic carbocycles. The maximum atomic E-state index is 14.0. The van der Waals surface area contributed by atoms with Crippen LogP contribution in [-0.2, 0) is 0 Å². The summed E-state index contributed by atoms with van der Waals surface area (Å²) < 4.78 is 14.0. The molecular weight excluding hydrogens is 177 g/mol. The van der Waals surface area contributed by atoms with Crippen LogP contribution in [0, 0.1) is 5.92 Å². The van der Waals surface area contributed by atoms with Crippen LogP contribution in [0.2, 0.25) is 0 Å². The first kappa shape index (κ1) is 9.63. The van der Waals surface area contributed by atoms with Crippen molar-refractivity contribution in [3.63, 3.8) is 0 Å². The molecule has 2 rings (SSSR count). The van der Waals surface area contributed by atoms with Crippen molar-refractivity contribution in [2.75, 3.05) is 0 Å². The molecule has 1 nitrogen and oxygen atoms in total. The summed E-state index contributed by atoms with van der Waals surface area (Å²) in [7, 11) is 0. The molecule has 0 N–H and O–H groups in total. The molecule has 1 atom stereocenters. The molecule has 0 amide bonds. The number of nitrogens with zero attached hydrogens (tertiary/aromatic N) is 1. The number of aromatic nitrogens is 1. The normalized spacial score (nSPS) is 20.6. The second-order valence-electron chi connectivity index (χ2n) is 4.05. The minimum absolute atomic E-state index is 0.207. The van der Waals surface area contributed by atoms with Crippen molar-refractivity contribution in [1.82, 2.24) is 4.98 Å². The highest BCUT2D eigenvalue weighted by Crippen LogP contribution is 2.35. The fraction of sp³-hybridized carbons (Fsp3) is 0.583. The van der Waals surface area contributed by atoms with Crippen molar-refractivity contribution < 1.29 is 4.39 Å². The predicted molar refractivity (Wildman–Crippen MR) is 54.7 cm³/mol. The molecule has 0 spiro atoms. The van der Waals surface area contributed by atoms with Gasteiger partial charge in [0.25, 0.3) is 0 Å². The Morgan fingerprint density at radius 3 is 2.64 bits per heavy atom. The fourth-order valence-corrected chi connectivity index (χ4v) is 2.21. The third kappa shape index (κ3) is 2.11. The molecule has 2 heteroatoms. The van der Waals surface area contributed by atoms with Gasteiger partial charge in [0, 0.05) is 6.20 Å². The number of hydrogen-bond donors (Lipinski definition) is 0. The summed E-state index contributed by atoms with van der Waals surface area (Å²) in [6, 6.07) is 5.48. The zero-order valence-electron chi connectivity index (χ0n) is 8.32. The minimum atomic E-state index is -0.850. The van der Waals surface area contributed by atoms with E-state index in [0.29, 0.717) is 5.69 Å². The van der Waals surface area contributed by atoms with Gasteiger partial charge in [-0.05, 0) is 30.9 Å².